The molecule has 1 rings (SSSR count). The van der Waals surface area contributed by atoms with Crippen molar-refractivity contribution in [1.29, 1.82) is 0 Å². The summed E-state index contributed by atoms with van der Waals surface area (Å²) in [5, 5.41) is 0. The Hall–Kier alpha value is -1.16. The number of carbonyl (C=O) groups is 2. The second-order valence-electron chi connectivity index (χ2n) is 2.58. The van der Waals surface area contributed by atoms with Crippen molar-refractivity contribution in [2.45, 2.75) is 12.8 Å². The van der Waals surface area contributed by atoms with Crippen molar-refractivity contribution in [3.8, 4) is 0 Å². The van der Waals surface area contributed by atoms with Crippen LogP contribution in [-0.2, 0) is 9.59 Å². The number of imide groups is 1. The number of nitrogens with zero attached hydrogens (tertiary/aromatic N) is 1. The molecule has 2 N–H and O–H groups in total. The maximum atomic E-state index is 10.9. The van der Waals surface area contributed by atoms with Gasteiger partial charge >= 0.3 is 0 Å². The summed E-state index contributed by atoms with van der Waals surface area (Å²) < 4.78 is 0. The first kappa shape index (κ1) is 8.93. The minimum Gasteiger partial charge on any atom is -0.330 e. The Bertz CT molecular complexity index is 205. The van der Waals surface area contributed by atoms with Gasteiger partial charge in [0.1, 0.15) is 0 Å². The molecule has 0 fully saturated rings. The van der Waals surface area contributed by atoms with Gasteiger partial charge in [-0.3, -0.25) is 14.5 Å². The third-order valence-electron chi connectivity index (χ3n) is 1.67. The van der Waals surface area contributed by atoms with Crippen molar-refractivity contribution in [2.75, 3.05) is 13.1 Å². The van der Waals surface area contributed by atoms with Gasteiger partial charge in [-0.2, -0.15) is 0 Å². The number of rotatable bonds is 4. The normalized spacial score (nSPS) is 16.2. The fourth-order valence-electron chi connectivity index (χ4n) is 1.01. The maximum absolute atomic E-state index is 10.9. The van der Waals surface area contributed by atoms with Crippen LogP contribution in [0.4, 0.5) is 0 Å². The predicted octanol–water partition coefficient (Wildman–Crippen LogP) is -0.547. The molecule has 0 saturated heterocycles. The van der Waals surface area contributed by atoms with E-state index >= 15 is 0 Å². The van der Waals surface area contributed by atoms with Crippen LogP contribution in [0.1, 0.15) is 12.8 Å². The lowest BCUT2D eigenvalue weighted by Gasteiger charge is -2.12. The largest absolute Gasteiger partial charge is 0.330 e. The molecular formula is C8H11N2O2. The minimum absolute atomic E-state index is 0.267. The van der Waals surface area contributed by atoms with Crippen molar-refractivity contribution in [3.63, 3.8) is 0 Å². The molecular weight excluding hydrogens is 156 g/mol. The van der Waals surface area contributed by atoms with E-state index in [4.69, 9.17) is 5.73 Å². The van der Waals surface area contributed by atoms with Gasteiger partial charge in [-0.15, -0.1) is 0 Å². The van der Waals surface area contributed by atoms with E-state index in [0.29, 0.717) is 13.1 Å². The second kappa shape index (κ2) is 4.01. The molecule has 0 bridgehead atoms. The Morgan fingerprint density at radius 3 is 2.67 bits per heavy atom. The van der Waals surface area contributed by atoms with Crippen LogP contribution in [-0.4, -0.2) is 29.8 Å². The monoisotopic (exact) mass is 167 g/mol. The van der Waals surface area contributed by atoms with E-state index in [1.54, 1.807) is 0 Å². The Balaban J connectivity index is 2.33. The van der Waals surface area contributed by atoms with Gasteiger partial charge in [0.15, 0.2) is 0 Å². The molecule has 0 aromatic rings. The summed E-state index contributed by atoms with van der Waals surface area (Å²) in [6.07, 6.45) is 5.10. The van der Waals surface area contributed by atoms with Crippen molar-refractivity contribution in [2.24, 2.45) is 5.73 Å². The summed E-state index contributed by atoms with van der Waals surface area (Å²) in [4.78, 5) is 23.0. The topological polar surface area (TPSA) is 63.4 Å². The molecule has 0 aliphatic carbocycles. The van der Waals surface area contributed by atoms with Crippen molar-refractivity contribution in [1.82, 2.24) is 4.90 Å². The zero-order valence-electron chi connectivity index (χ0n) is 6.75. The first-order chi connectivity index (χ1) is 5.75. The van der Waals surface area contributed by atoms with E-state index in [2.05, 4.69) is 6.08 Å². The molecule has 4 heteroatoms. The second-order valence-corrected chi connectivity index (χ2v) is 2.58. The highest BCUT2D eigenvalue weighted by Gasteiger charge is 2.22. The maximum Gasteiger partial charge on any atom is 0.261 e. The van der Waals surface area contributed by atoms with Crippen molar-refractivity contribution in [3.05, 3.63) is 12.2 Å². The highest BCUT2D eigenvalue weighted by Crippen LogP contribution is 2.03. The number of carbonyl (C=O) groups excluding carboxylic acids is 2. The minimum atomic E-state index is -0.336. The predicted molar refractivity (Wildman–Crippen MR) is 42.8 cm³/mol. The highest BCUT2D eigenvalue weighted by atomic mass is 16.2. The third kappa shape index (κ3) is 1.92. The molecule has 65 valence electrons. The van der Waals surface area contributed by atoms with Gasteiger partial charge in [-0.25, -0.2) is 0 Å². The van der Waals surface area contributed by atoms with E-state index in [0.717, 1.165) is 12.8 Å². The smallest absolute Gasteiger partial charge is 0.261 e. The summed E-state index contributed by atoms with van der Waals surface area (Å²) in [5.74, 6) is -0.603. The van der Waals surface area contributed by atoms with Gasteiger partial charge in [-0.1, -0.05) is 0 Å². The SMILES string of the molecule is NCCCCN1C(=O)[C]=CC1=O. The molecule has 1 radical (unpaired) electrons. The number of unbranched alkanes of at least 4 members (excludes halogenated alkanes) is 1. The van der Waals surface area contributed by atoms with E-state index in [9.17, 15) is 9.59 Å². The molecule has 0 aromatic carbocycles. The Kier molecular flexibility index (Phi) is 2.99. The lowest BCUT2D eigenvalue weighted by molar-refractivity contribution is -0.137. The Morgan fingerprint density at radius 1 is 1.42 bits per heavy atom. The molecule has 2 amide bonds. The molecule has 0 spiro atoms. The van der Waals surface area contributed by atoms with E-state index < -0.39 is 0 Å². The van der Waals surface area contributed by atoms with Gasteiger partial charge in [0, 0.05) is 12.6 Å². The average molecular weight is 167 g/mol. The number of hydrogen-bond acceptors (Lipinski definition) is 3. The molecule has 1 aliphatic heterocycles. The lowest BCUT2D eigenvalue weighted by atomic mass is 10.3. The highest BCUT2D eigenvalue weighted by molar-refractivity contribution is 6.10. The number of amides is 2. The van der Waals surface area contributed by atoms with Crippen LogP contribution in [0.25, 0.3) is 0 Å². The first-order valence-corrected chi connectivity index (χ1v) is 3.91. The van der Waals surface area contributed by atoms with Crippen LogP contribution in [0.15, 0.2) is 6.08 Å². The summed E-state index contributed by atoms with van der Waals surface area (Å²) in [7, 11) is 0. The van der Waals surface area contributed by atoms with Crippen LogP contribution in [0, 0.1) is 6.08 Å². The van der Waals surface area contributed by atoms with Crippen LogP contribution in [0.2, 0.25) is 0 Å². The molecule has 1 heterocycles. The van der Waals surface area contributed by atoms with Crippen LogP contribution in [0.5, 0.6) is 0 Å². The zero-order chi connectivity index (χ0) is 8.97. The molecule has 0 saturated carbocycles. The standard InChI is InChI=1S/C8H11N2O2/c9-5-1-2-6-10-7(11)3-4-8(10)12/h3H,1-2,5-6,9H2. The Labute approximate surface area is 71.0 Å². The molecule has 0 unspecified atom stereocenters. The summed E-state index contributed by atoms with van der Waals surface area (Å²) >= 11 is 0. The zero-order valence-corrected chi connectivity index (χ0v) is 6.75. The van der Waals surface area contributed by atoms with E-state index in [1.165, 1.54) is 11.0 Å². The van der Waals surface area contributed by atoms with Gasteiger partial charge < -0.3 is 5.73 Å². The molecule has 0 atom stereocenters. The van der Waals surface area contributed by atoms with Crippen molar-refractivity contribution < 1.29 is 9.59 Å². The van der Waals surface area contributed by atoms with Gasteiger partial charge in [0.05, 0.1) is 6.08 Å². The molecule has 1 aliphatic rings. The number of nitrogens with two attached hydrogens (primary N) is 1. The summed E-state index contributed by atoms with van der Waals surface area (Å²) in [5.41, 5.74) is 5.27. The quantitative estimate of drug-likeness (QED) is 0.451. The third-order valence-corrected chi connectivity index (χ3v) is 1.67. The molecule has 4 nitrogen and oxygen atoms in total. The molecule has 0 aromatic heterocycles. The van der Waals surface area contributed by atoms with E-state index in [1.807, 2.05) is 0 Å². The van der Waals surface area contributed by atoms with Gasteiger partial charge in [0.25, 0.3) is 11.8 Å². The Morgan fingerprint density at radius 2 is 2.17 bits per heavy atom. The van der Waals surface area contributed by atoms with Crippen molar-refractivity contribution >= 4 is 11.8 Å². The fourth-order valence-corrected chi connectivity index (χ4v) is 1.01. The lowest BCUT2D eigenvalue weighted by Crippen LogP contribution is -2.31. The van der Waals surface area contributed by atoms with Gasteiger partial charge in [-0.05, 0) is 19.4 Å². The first-order valence-electron chi connectivity index (χ1n) is 3.91. The average Bonchev–Trinajstić information content (AvgIpc) is 2.35. The molecule has 12 heavy (non-hydrogen) atoms. The van der Waals surface area contributed by atoms with Gasteiger partial charge in [0.2, 0.25) is 0 Å². The summed E-state index contributed by atoms with van der Waals surface area (Å²) in [6.45, 7) is 1.05. The number of hydrogen-bond donors (Lipinski definition) is 1. The van der Waals surface area contributed by atoms with E-state index in [-0.39, 0.29) is 11.8 Å². The summed E-state index contributed by atoms with van der Waals surface area (Å²) in [6, 6.07) is 0. The fraction of sp³-hybridized carbons (Fsp3) is 0.500. The van der Waals surface area contributed by atoms with Crippen LogP contribution in [0.3, 0.4) is 0 Å². The van der Waals surface area contributed by atoms with Crippen LogP contribution < -0.4 is 5.73 Å². The van der Waals surface area contributed by atoms with Crippen LogP contribution >= 0.6 is 0 Å².